The molecule has 0 fully saturated rings. The number of hydrogen-bond acceptors (Lipinski definition) is 6. The van der Waals surface area contributed by atoms with Gasteiger partial charge in [0.25, 0.3) is 0 Å². The number of halogens is 1. The summed E-state index contributed by atoms with van der Waals surface area (Å²) in [7, 11) is 0. The zero-order valence-corrected chi connectivity index (χ0v) is 16.5. The molecule has 0 radical (unpaired) electrons. The molecule has 0 spiro atoms. The molecule has 2 aromatic rings. The largest absolute Gasteiger partial charge is 0.465 e. The Hall–Kier alpha value is -2.06. The summed E-state index contributed by atoms with van der Waals surface area (Å²) in [5.41, 5.74) is 1.06. The van der Waals surface area contributed by atoms with Crippen LogP contribution in [-0.4, -0.2) is 51.8 Å². The van der Waals surface area contributed by atoms with Crippen molar-refractivity contribution in [3.63, 3.8) is 0 Å². The van der Waals surface area contributed by atoms with Gasteiger partial charge >= 0.3 is 5.97 Å². The number of rotatable bonds is 8. The van der Waals surface area contributed by atoms with E-state index in [0.717, 1.165) is 0 Å². The van der Waals surface area contributed by atoms with Crippen molar-refractivity contribution in [2.24, 2.45) is 5.92 Å². The smallest absolute Gasteiger partial charge is 0.326 e. The zero-order valence-electron chi connectivity index (χ0n) is 14.9. The summed E-state index contributed by atoms with van der Waals surface area (Å²) in [6, 6.07) is 3.58. The first-order valence-electron chi connectivity index (χ1n) is 8.09. The summed E-state index contributed by atoms with van der Waals surface area (Å²) in [6.07, 6.45) is 6.81. The second kappa shape index (κ2) is 9.59. The number of thioether (sulfide) groups is 1. The second-order valence-electron chi connectivity index (χ2n) is 5.55. The number of aromatic nitrogens is 3. The van der Waals surface area contributed by atoms with Gasteiger partial charge in [0.2, 0.25) is 5.91 Å². The topological polar surface area (TPSA) is 77.3 Å². The first-order valence-corrected chi connectivity index (χ1v) is 9.86. The summed E-state index contributed by atoms with van der Waals surface area (Å²) in [4.78, 5) is 30.2. The van der Waals surface area contributed by atoms with Gasteiger partial charge in [0, 0.05) is 17.9 Å². The molecule has 1 atom stereocenters. The van der Waals surface area contributed by atoms with Gasteiger partial charge in [-0.15, -0.1) is 0 Å². The standard InChI is InChI=1S/C17H21ClN4O3S/c1-4-25-15(23)10-21(17(24)12(2)11-26-3)14-9-22(20-16(14)18)13-6-5-7-19-8-13/h5-9,12H,4,10-11H2,1-3H3. The monoisotopic (exact) mass is 396 g/mol. The third-order valence-electron chi connectivity index (χ3n) is 3.55. The van der Waals surface area contributed by atoms with E-state index in [0.29, 0.717) is 17.1 Å². The lowest BCUT2D eigenvalue weighted by Crippen LogP contribution is -2.40. The maximum Gasteiger partial charge on any atom is 0.326 e. The lowest BCUT2D eigenvalue weighted by molar-refractivity contribution is -0.142. The van der Waals surface area contributed by atoms with E-state index < -0.39 is 5.97 Å². The molecule has 0 N–H and O–H groups in total. The lowest BCUT2D eigenvalue weighted by atomic mass is 10.2. The first-order chi connectivity index (χ1) is 12.5. The molecule has 1 unspecified atom stereocenters. The maximum atomic E-state index is 12.9. The summed E-state index contributed by atoms with van der Waals surface area (Å²) in [5, 5.41) is 4.36. The number of nitrogens with zero attached hydrogens (tertiary/aromatic N) is 4. The van der Waals surface area contributed by atoms with Gasteiger partial charge in [0.1, 0.15) is 12.2 Å². The molecule has 1 amide bonds. The van der Waals surface area contributed by atoms with Crippen LogP contribution in [0.3, 0.4) is 0 Å². The van der Waals surface area contributed by atoms with Crippen LogP contribution in [0.2, 0.25) is 5.15 Å². The van der Waals surface area contributed by atoms with Crippen LogP contribution >= 0.6 is 23.4 Å². The van der Waals surface area contributed by atoms with Crippen molar-refractivity contribution >= 4 is 40.9 Å². The third kappa shape index (κ3) is 4.98. The highest BCUT2D eigenvalue weighted by Gasteiger charge is 2.28. The van der Waals surface area contributed by atoms with Gasteiger partial charge in [-0.25, -0.2) is 4.68 Å². The van der Waals surface area contributed by atoms with E-state index in [4.69, 9.17) is 16.3 Å². The molecule has 0 saturated heterocycles. The van der Waals surface area contributed by atoms with Crippen molar-refractivity contribution in [3.8, 4) is 5.69 Å². The van der Waals surface area contributed by atoms with Crippen molar-refractivity contribution in [3.05, 3.63) is 35.9 Å². The summed E-state index contributed by atoms with van der Waals surface area (Å²) in [6.45, 7) is 3.55. The molecule has 0 bridgehead atoms. The Morgan fingerprint density at radius 3 is 2.85 bits per heavy atom. The van der Waals surface area contributed by atoms with Gasteiger partial charge < -0.3 is 4.74 Å². The van der Waals surface area contributed by atoms with Crippen molar-refractivity contribution < 1.29 is 14.3 Å². The zero-order chi connectivity index (χ0) is 19.1. The predicted molar refractivity (Wildman–Crippen MR) is 103 cm³/mol. The molecular weight excluding hydrogens is 376 g/mol. The molecule has 0 aliphatic rings. The van der Waals surface area contributed by atoms with Crippen LogP contribution in [-0.2, 0) is 14.3 Å². The van der Waals surface area contributed by atoms with Gasteiger partial charge in [-0.3, -0.25) is 19.5 Å². The Labute approximate surface area is 161 Å². The third-order valence-corrected chi connectivity index (χ3v) is 4.65. The van der Waals surface area contributed by atoms with Crippen molar-refractivity contribution in [1.82, 2.24) is 14.8 Å². The van der Waals surface area contributed by atoms with Crippen molar-refractivity contribution in [2.45, 2.75) is 13.8 Å². The van der Waals surface area contributed by atoms with Crippen LogP contribution in [0.25, 0.3) is 5.69 Å². The van der Waals surface area contributed by atoms with E-state index in [1.165, 1.54) is 9.58 Å². The minimum Gasteiger partial charge on any atom is -0.465 e. The van der Waals surface area contributed by atoms with Crippen LogP contribution in [0, 0.1) is 5.92 Å². The summed E-state index contributed by atoms with van der Waals surface area (Å²) >= 11 is 7.83. The fourth-order valence-electron chi connectivity index (χ4n) is 2.35. The van der Waals surface area contributed by atoms with Crippen LogP contribution in [0.15, 0.2) is 30.7 Å². The summed E-state index contributed by atoms with van der Waals surface area (Å²) in [5.74, 6) is -0.355. The molecule has 0 aliphatic heterocycles. The normalized spacial score (nSPS) is 11.8. The molecule has 9 heteroatoms. The quantitative estimate of drug-likeness (QED) is 0.638. The van der Waals surface area contributed by atoms with Crippen LogP contribution < -0.4 is 4.90 Å². The Kier molecular flexibility index (Phi) is 7.47. The van der Waals surface area contributed by atoms with E-state index >= 15 is 0 Å². The van der Waals surface area contributed by atoms with E-state index in [1.54, 1.807) is 43.3 Å². The number of pyridine rings is 1. The van der Waals surface area contributed by atoms with Crippen LogP contribution in [0.5, 0.6) is 0 Å². The molecule has 0 aliphatic carbocycles. The highest BCUT2D eigenvalue weighted by molar-refractivity contribution is 7.98. The van der Waals surface area contributed by atoms with E-state index in [2.05, 4.69) is 10.1 Å². The molecule has 0 saturated carbocycles. The first kappa shape index (κ1) is 20.3. The average Bonchev–Trinajstić information content (AvgIpc) is 3.02. The van der Waals surface area contributed by atoms with Gasteiger partial charge in [0.15, 0.2) is 5.15 Å². The van der Waals surface area contributed by atoms with Gasteiger partial charge in [0.05, 0.1) is 24.7 Å². The highest BCUT2D eigenvalue weighted by atomic mass is 35.5. The van der Waals surface area contributed by atoms with Crippen molar-refractivity contribution in [1.29, 1.82) is 0 Å². The molecule has 7 nitrogen and oxygen atoms in total. The van der Waals surface area contributed by atoms with E-state index in [-0.39, 0.29) is 30.1 Å². The minimum absolute atomic E-state index is 0.128. The fourth-order valence-corrected chi connectivity index (χ4v) is 3.23. The SMILES string of the molecule is CCOC(=O)CN(C(=O)C(C)CSC)c1cn(-c2cccnc2)nc1Cl. The Morgan fingerprint density at radius 2 is 2.23 bits per heavy atom. The molecule has 2 rings (SSSR count). The van der Waals surface area contributed by atoms with Crippen molar-refractivity contribution in [2.75, 3.05) is 30.1 Å². The Bertz CT molecular complexity index is 754. The number of hydrogen-bond donors (Lipinski definition) is 0. The van der Waals surface area contributed by atoms with Crippen LogP contribution in [0.1, 0.15) is 13.8 Å². The number of carbonyl (C=O) groups excluding carboxylic acids is 2. The highest BCUT2D eigenvalue weighted by Crippen LogP contribution is 2.27. The van der Waals surface area contributed by atoms with Crippen LogP contribution in [0.4, 0.5) is 5.69 Å². The molecule has 0 aromatic carbocycles. The van der Waals surface area contributed by atoms with Gasteiger partial charge in [-0.1, -0.05) is 18.5 Å². The molecule has 2 aromatic heterocycles. The maximum absolute atomic E-state index is 12.9. The van der Waals surface area contributed by atoms with E-state index in [1.807, 2.05) is 19.2 Å². The minimum atomic E-state index is -0.498. The average molecular weight is 397 g/mol. The molecule has 140 valence electrons. The number of ether oxygens (including phenoxy) is 1. The number of anilines is 1. The van der Waals surface area contributed by atoms with Gasteiger partial charge in [-0.05, 0) is 25.3 Å². The lowest BCUT2D eigenvalue weighted by Gasteiger charge is -2.23. The second-order valence-corrected chi connectivity index (χ2v) is 6.82. The Morgan fingerprint density at radius 1 is 1.46 bits per heavy atom. The van der Waals surface area contributed by atoms with E-state index in [9.17, 15) is 9.59 Å². The number of esters is 1. The molecule has 26 heavy (non-hydrogen) atoms. The number of amides is 1. The number of carbonyl (C=O) groups is 2. The fraction of sp³-hybridized carbons (Fsp3) is 0.412. The summed E-state index contributed by atoms with van der Waals surface area (Å²) < 4.78 is 6.52. The predicted octanol–water partition coefficient (Wildman–Crippen LogP) is 2.82. The Balaban J connectivity index is 2.36. The molecule has 2 heterocycles. The van der Waals surface area contributed by atoms with Gasteiger partial charge in [-0.2, -0.15) is 16.9 Å². The molecular formula is C17H21ClN4O3S.